The Balaban J connectivity index is 1.53. The van der Waals surface area contributed by atoms with Gasteiger partial charge in [-0.05, 0) is 67.7 Å². The monoisotopic (exact) mass is 408 g/mol. The average molecular weight is 409 g/mol. The van der Waals surface area contributed by atoms with E-state index in [2.05, 4.69) is 48.3 Å². The predicted octanol–water partition coefficient (Wildman–Crippen LogP) is 3.39. The standard InChI is InChI=1S/C24H36N6/c1-3-17-8-11-27-20(14-18-6-4-5-7-19(17)18)22-23(26)29-21(15-28-22)30-12-9-24(2,16-25)10-13-30/h4-7,15,17,20,27H,3,8-14,16,25H2,1-2H3,(H2,26,29). The number of rotatable bonds is 4. The molecule has 2 aliphatic rings. The van der Waals surface area contributed by atoms with Crippen molar-refractivity contribution in [3.8, 4) is 0 Å². The number of piperidine rings is 1. The highest BCUT2D eigenvalue weighted by atomic mass is 15.2. The molecule has 0 spiro atoms. The van der Waals surface area contributed by atoms with E-state index in [0.29, 0.717) is 11.7 Å². The van der Waals surface area contributed by atoms with Crippen LogP contribution in [0.25, 0.3) is 0 Å². The molecule has 0 bridgehead atoms. The van der Waals surface area contributed by atoms with Crippen LogP contribution >= 0.6 is 0 Å². The second kappa shape index (κ2) is 8.90. The Morgan fingerprint density at radius 3 is 2.70 bits per heavy atom. The summed E-state index contributed by atoms with van der Waals surface area (Å²) in [7, 11) is 0. The lowest BCUT2D eigenvalue weighted by molar-refractivity contribution is 0.258. The van der Waals surface area contributed by atoms with Crippen LogP contribution in [0.3, 0.4) is 0 Å². The van der Waals surface area contributed by atoms with Crippen LogP contribution in [0, 0.1) is 5.41 Å². The molecule has 3 heterocycles. The normalized spacial score (nSPS) is 24.0. The van der Waals surface area contributed by atoms with E-state index < -0.39 is 0 Å². The number of hydrogen-bond acceptors (Lipinski definition) is 6. The number of hydrogen-bond donors (Lipinski definition) is 3. The van der Waals surface area contributed by atoms with Crippen molar-refractivity contribution in [2.75, 3.05) is 36.8 Å². The average Bonchev–Trinajstić information content (AvgIpc) is 2.75. The minimum atomic E-state index is 0.0902. The number of nitrogens with two attached hydrogens (primary N) is 2. The van der Waals surface area contributed by atoms with Gasteiger partial charge in [-0.2, -0.15) is 0 Å². The molecular formula is C24H36N6. The molecule has 1 saturated heterocycles. The SMILES string of the molecule is CCC1CCNC(c2ncc(N3CCC(C)(CN)CC3)nc2N)Cc2ccccc21. The van der Waals surface area contributed by atoms with Crippen LogP contribution in [0.15, 0.2) is 30.5 Å². The van der Waals surface area contributed by atoms with E-state index in [0.717, 1.165) is 63.4 Å². The van der Waals surface area contributed by atoms with E-state index >= 15 is 0 Å². The molecule has 162 valence electrons. The fourth-order valence-corrected chi connectivity index (χ4v) is 4.92. The van der Waals surface area contributed by atoms with Crippen molar-refractivity contribution < 1.29 is 0 Å². The summed E-state index contributed by atoms with van der Waals surface area (Å²) in [6.07, 6.45) is 7.24. The summed E-state index contributed by atoms with van der Waals surface area (Å²) in [6, 6.07) is 8.91. The molecule has 0 amide bonds. The van der Waals surface area contributed by atoms with Gasteiger partial charge in [0.2, 0.25) is 0 Å². The Bertz CT molecular complexity index is 859. The molecule has 2 atom stereocenters. The molecule has 0 radical (unpaired) electrons. The Morgan fingerprint density at radius 1 is 1.23 bits per heavy atom. The van der Waals surface area contributed by atoms with Gasteiger partial charge in [-0.15, -0.1) is 0 Å². The summed E-state index contributed by atoms with van der Waals surface area (Å²) >= 11 is 0. The Morgan fingerprint density at radius 2 is 2.00 bits per heavy atom. The first-order valence-electron chi connectivity index (χ1n) is 11.4. The minimum Gasteiger partial charge on any atom is -0.382 e. The summed E-state index contributed by atoms with van der Waals surface area (Å²) in [4.78, 5) is 11.8. The lowest BCUT2D eigenvalue weighted by Crippen LogP contribution is -2.42. The zero-order chi connectivity index (χ0) is 21.1. The third-order valence-electron chi connectivity index (χ3n) is 7.23. The molecule has 2 aliphatic heterocycles. The molecule has 30 heavy (non-hydrogen) atoms. The first-order valence-corrected chi connectivity index (χ1v) is 11.4. The van der Waals surface area contributed by atoms with Crippen LogP contribution < -0.4 is 21.7 Å². The minimum absolute atomic E-state index is 0.0902. The molecule has 1 fully saturated rings. The number of nitrogens with zero attached hydrogens (tertiary/aromatic N) is 3. The van der Waals surface area contributed by atoms with Gasteiger partial charge in [0, 0.05) is 13.1 Å². The maximum Gasteiger partial charge on any atom is 0.149 e. The second-order valence-corrected chi connectivity index (χ2v) is 9.30. The zero-order valence-electron chi connectivity index (χ0n) is 18.4. The molecule has 0 aliphatic carbocycles. The van der Waals surface area contributed by atoms with Gasteiger partial charge in [-0.3, -0.25) is 4.98 Å². The highest BCUT2D eigenvalue weighted by molar-refractivity contribution is 5.47. The van der Waals surface area contributed by atoms with Gasteiger partial charge in [0.15, 0.2) is 0 Å². The molecule has 6 heteroatoms. The van der Waals surface area contributed by atoms with Crippen molar-refractivity contribution in [1.29, 1.82) is 0 Å². The number of nitrogens with one attached hydrogen (secondary N) is 1. The highest BCUT2D eigenvalue weighted by Gasteiger charge is 2.30. The Labute approximate surface area is 180 Å². The van der Waals surface area contributed by atoms with Crippen molar-refractivity contribution in [2.24, 2.45) is 11.1 Å². The van der Waals surface area contributed by atoms with Crippen LogP contribution in [0.4, 0.5) is 11.6 Å². The van der Waals surface area contributed by atoms with Crippen LogP contribution in [-0.4, -0.2) is 36.1 Å². The second-order valence-electron chi connectivity index (χ2n) is 9.30. The fraction of sp³-hybridized carbons (Fsp3) is 0.583. The largest absolute Gasteiger partial charge is 0.382 e. The summed E-state index contributed by atoms with van der Waals surface area (Å²) in [5, 5.41) is 3.69. The smallest absolute Gasteiger partial charge is 0.149 e. The molecule has 4 rings (SSSR count). The number of anilines is 2. The Hall–Kier alpha value is -2.18. The van der Waals surface area contributed by atoms with Gasteiger partial charge < -0.3 is 21.7 Å². The first-order chi connectivity index (χ1) is 14.5. The van der Waals surface area contributed by atoms with Crippen molar-refractivity contribution in [3.63, 3.8) is 0 Å². The lowest BCUT2D eigenvalue weighted by Gasteiger charge is -2.39. The third kappa shape index (κ3) is 4.30. The lowest BCUT2D eigenvalue weighted by atomic mass is 9.80. The summed E-state index contributed by atoms with van der Waals surface area (Å²) < 4.78 is 0. The maximum absolute atomic E-state index is 6.44. The van der Waals surface area contributed by atoms with Gasteiger partial charge in [-0.1, -0.05) is 38.1 Å². The molecule has 6 nitrogen and oxygen atoms in total. The molecular weight excluding hydrogens is 372 g/mol. The van der Waals surface area contributed by atoms with E-state index in [1.165, 1.54) is 17.5 Å². The predicted molar refractivity (Wildman–Crippen MR) is 124 cm³/mol. The topological polar surface area (TPSA) is 93.1 Å². The third-order valence-corrected chi connectivity index (χ3v) is 7.23. The van der Waals surface area contributed by atoms with Gasteiger partial charge in [0.05, 0.1) is 17.9 Å². The molecule has 5 N–H and O–H groups in total. The zero-order valence-corrected chi connectivity index (χ0v) is 18.4. The van der Waals surface area contributed by atoms with Crippen molar-refractivity contribution in [3.05, 3.63) is 47.3 Å². The number of benzene rings is 1. The van der Waals surface area contributed by atoms with Crippen molar-refractivity contribution in [2.45, 2.75) is 57.9 Å². The van der Waals surface area contributed by atoms with E-state index in [1.807, 2.05) is 6.20 Å². The quantitative estimate of drug-likeness (QED) is 0.718. The first kappa shape index (κ1) is 21.1. The maximum atomic E-state index is 6.44. The molecule has 1 aromatic heterocycles. The summed E-state index contributed by atoms with van der Waals surface area (Å²) in [5.41, 5.74) is 16.4. The van der Waals surface area contributed by atoms with Crippen LogP contribution in [0.2, 0.25) is 0 Å². The Kier molecular flexibility index (Phi) is 6.25. The molecule has 1 aromatic carbocycles. The van der Waals surface area contributed by atoms with Gasteiger partial charge in [0.25, 0.3) is 0 Å². The van der Waals surface area contributed by atoms with E-state index in [9.17, 15) is 0 Å². The molecule has 2 unspecified atom stereocenters. The van der Waals surface area contributed by atoms with Gasteiger partial charge >= 0.3 is 0 Å². The fourth-order valence-electron chi connectivity index (χ4n) is 4.92. The van der Waals surface area contributed by atoms with Crippen LogP contribution in [0.5, 0.6) is 0 Å². The van der Waals surface area contributed by atoms with Gasteiger partial charge in [-0.25, -0.2) is 4.98 Å². The van der Waals surface area contributed by atoms with Crippen LogP contribution in [0.1, 0.15) is 68.3 Å². The number of nitrogen functional groups attached to an aromatic ring is 1. The highest BCUT2D eigenvalue weighted by Crippen LogP contribution is 2.34. The van der Waals surface area contributed by atoms with Crippen LogP contribution in [-0.2, 0) is 6.42 Å². The van der Waals surface area contributed by atoms with Crippen molar-refractivity contribution in [1.82, 2.24) is 15.3 Å². The number of fused-ring (bicyclic) bond motifs is 1. The summed E-state index contributed by atoms with van der Waals surface area (Å²) in [6.45, 7) is 8.16. The van der Waals surface area contributed by atoms with E-state index in [-0.39, 0.29) is 11.5 Å². The molecule has 0 saturated carbocycles. The summed E-state index contributed by atoms with van der Waals surface area (Å²) in [5.74, 6) is 2.04. The van der Waals surface area contributed by atoms with E-state index in [1.54, 1.807) is 0 Å². The number of aromatic nitrogens is 2. The van der Waals surface area contributed by atoms with Crippen molar-refractivity contribution >= 4 is 11.6 Å². The van der Waals surface area contributed by atoms with Gasteiger partial charge in [0.1, 0.15) is 11.6 Å². The molecule has 2 aromatic rings. The van der Waals surface area contributed by atoms with E-state index in [4.69, 9.17) is 21.4 Å².